The van der Waals surface area contributed by atoms with E-state index in [1.165, 1.54) is 20.3 Å². The average molecular weight is 307 g/mol. The first-order valence-electron chi connectivity index (χ1n) is 5.99. The van der Waals surface area contributed by atoms with Crippen LogP contribution in [0.15, 0.2) is 18.2 Å². The summed E-state index contributed by atoms with van der Waals surface area (Å²) >= 11 is 0. The number of nitrogens with one attached hydrogen (secondary N) is 1. The van der Waals surface area contributed by atoms with Crippen molar-refractivity contribution >= 4 is 11.7 Å². The van der Waals surface area contributed by atoms with Gasteiger partial charge in [0.15, 0.2) is 0 Å². The fourth-order valence-electron chi connectivity index (χ4n) is 1.70. The molecule has 0 bridgehead atoms. The first-order chi connectivity index (χ1) is 9.79. The van der Waals surface area contributed by atoms with Crippen LogP contribution >= 0.6 is 0 Å². The molecular weight excluding hydrogens is 291 g/mol. The minimum absolute atomic E-state index is 0.158. The van der Waals surface area contributed by atoms with Crippen molar-refractivity contribution in [3.8, 4) is 0 Å². The summed E-state index contributed by atoms with van der Waals surface area (Å²) in [6.45, 7) is 0.511. The number of halogens is 3. The van der Waals surface area contributed by atoms with Crippen LogP contribution in [0.2, 0.25) is 0 Å². The third-order valence-corrected chi connectivity index (χ3v) is 2.78. The average Bonchev–Trinajstić information content (AvgIpc) is 2.42. The molecule has 8 heteroatoms. The lowest BCUT2D eigenvalue weighted by atomic mass is 10.1. The van der Waals surface area contributed by atoms with E-state index >= 15 is 0 Å². The molecule has 1 atom stereocenters. The minimum atomic E-state index is -4.74. The van der Waals surface area contributed by atoms with Crippen LogP contribution in [0.3, 0.4) is 0 Å². The number of ether oxygens (including phenoxy) is 2. The van der Waals surface area contributed by atoms with Crippen molar-refractivity contribution in [2.45, 2.75) is 12.3 Å². The van der Waals surface area contributed by atoms with Gasteiger partial charge < -0.3 is 19.9 Å². The monoisotopic (exact) mass is 307 g/mol. The van der Waals surface area contributed by atoms with Crippen LogP contribution in [0.4, 0.5) is 18.9 Å². The molecule has 21 heavy (non-hydrogen) atoms. The molecular formula is C13H16F3NO4. The van der Waals surface area contributed by atoms with Gasteiger partial charge in [0, 0.05) is 26.5 Å². The summed E-state index contributed by atoms with van der Waals surface area (Å²) in [4.78, 5) is 10.8. The number of alkyl halides is 3. The third kappa shape index (κ3) is 4.91. The van der Waals surface area contributed by atoms with Gasteiger partial charge in [-0.25, -0.2) is 4.79 Å². The van der Waals surface area contributed by atoms with Gasteiger partial charge in [-0.05, 0) is 18.2 Å². The fraction of sp³-hybridized carbons (Fsp3) is 0.462. The maximum absolute atomic E-state index is 12.8. The number of methoxy groups -OCH3 is 2. The van der Waals surface area contributed by atoms with E-state index in [4.69, 9.17) is 14.6 Å². The largest absolute Gasteiger partial charge is 0.478 e. The topological polar surface area (TPSA) is 67.8 Å². The summed E-state index contributed by atoms with van der Waals surface area (Å²) in [5.41, 5.74) is -1.82. The molecule has 0 saturated heterocycles. The predicted octanol–water partition coefficient (Wildman–Crippen LogP) is 2.48. The number of anilines is 1. The van der Waals surface area contributed by atoms with Crippen LogP contribution in [-0.4, -0.2) is 44.6 Å². The minimum Gasteiger partial charge on any atom is -0.478 e. The molecule has 0 fully saturated rings. The second-order valence-corrected chi connectivity index (χ2v) is 4.26. The van der Waals surface area contributed by atoms with E-state index in [1.54, 1.807) is 0 Å². The number of carboxylic acids is 1. The molecule has 0 aromatic heterocycles. The van der Waals surface area contributed by atoms with Gasteiger partial charge in [-0.15, -0.1) is 0 Å². The van der Waals surface area contributed by atoms with Crippen molar-refractivity contribution in [2.75, 3.05) is 32.7 Å². The van der Waals surface area contributed by atoms with E-state index in [0.717, 1.165) is 12.1 Å². The standard InChI is InChI=1S/C13H16F3NO4/c1-20-7-9(21-2)6-17-8-3-4-10(12(18)19)11(5-8)13(14,15)16/h3-5,9,17H,6-7H2,1-2H3,(H,18,19). The summed E-state index contributed by atoms with van der Waals surface area (Å²) in [5.74, 6) is -1.62. The lowest BCUT2D eigenvalue weighted by Gasteiger charge is -2.17. The van der Waals surface area contributed by atoms with Gasteiger partial charge in [-0.3, -0.25) is 0 Å². The second-order valence-electron chi connectivity index (χ2n) is 4.26. The zero-order valence-corrected chi connectivity index (χ0v) is 11.5. The Kier molecular flexibility index (Phi) is 5.98. The van der Waals surface area contributed by atoms with E-state index in [0.29, 0.717) is 0 Å². The molecule has 0 saturated carbocycles. The predicted molar refractivity (Wildman–Crippen MR) is 69.6 cm³/mol. The quantitative estimate of drug-likeness (QED) is 0.810. The zero-order valence-electron chi connectivity index (χ0n) is 11.5. The van der Waals surface area contributed by atoms with Crippen LogP contribution in [-0.2, 0) is 15.7 Å². The molecule has 0 aliphatic heterocycles. The Hall–Kier alpha value is -1.80. The van der Waals surface area contributed by atoms with Gasteiger partial charge >= 0.3 is 12.1 Å². The van der Waals surface area contributed by atoms with Gasteiger partial charge in [0.05, 0.1) is 23.8 Å². The highest BCUT2D eigenvalue weighted by Gasteiger charge is 2.35. The van der Waals surface area contributed by atoms with Crippen molar-refractivity contribution in [3.05, 3.63) is 29.3 Å². The Morgan fingerprint density at radius 3 is 2.52 bits per heavy atom. The molecule has 0 aliphatic rings. The van der Waals surface area contributed by atoms with Crippen LogP contribution in [0, 0.1) is 0 Å². The molecule has 1 aromatic rings. The van der Waals surface area contributed by atoms with Crippen molar-refractivity contribution < 1.29 is 32.5 Å². The van der Waals surface area contributed by atoms with Crippen molar-refractivity contribution in [3.63, 3.8) is 0 Å². The van der Waals surface area contributed by atoms with Crippen LogP contribution in [0.25, 0.3) is 0 Å². The number of benzene rings is 1. The number of carboxylic acid groups (broad SMARTS) is 1. The number of rotatable bonds is 7. The molecule has 0 aliphatic carbocycles. The van der Waals surface area contributed by atoms with Crippen LogP contribution < -0.4 is 5.32 Å². The Morgan fingerprint density at radius 2 is 2.05 bits per heavy atom. The van der Waals surface area contributed by atoms with Gasteiger partial charge in [0.25, 0.3) is 0 Å². The smallest absolute Gasteiger partial charge is 0.417 e. The van der Waals surface area contributed by atoms with Crippen LogP contribution in [0.1, 0.15) is 15.9 Å². The van der Waals surface area contributed by atoms with Crippen molar-refractivity contribution in [2.24, 2.45) is 0 Å². The summed E-state index contributed by atoms with van der Waals surface area (Å²) in [6.07, 6.45) is -5.07. The van der Waals surface area contributed by atoms with Gasteiger partial charge in [-0.1, -0.05) is 0 Å². The molecule has 5 nitrogen and oxygen atoms in total. The van der Waals surface area contributed by atoms with E-state index in [9.17, 15) is 18.0 Å². The Balaban J connectivity index is 2.93. The van der Waals surface area contributed by atoms with Gasteiger partial charge in [0.2, 0.25) is 0 Å². The summed E-state index contributed by atoms with van der Waals surface area (Å²) in [5, 5.41) is 11.6. The first kappa shape index (κ1) is 17.3. The lowest BCUT2D eigenvalue weighted by Crippen LogP contribution is -2.26. The SMILES string of the molecule is COCC(CNc1ccc(C(=O)O)c(C(F)(F)F)c1)OC. The van der Waals surface area contributed by atoms with Crippen molar-refractivity contribution in [1.82, 2.24) is 0 Å². The highest BCUT2D eigenvalue weighted by molar-refractivity contribution is 5.90. The van der Waals surface area contributed by atoms with E-state index in [-0.39, 0.29) is 24.9 Å². The first-order valence-corrected chi connectivity index (χ1v) is 5.99. The molecule has 118 valence electrons. The number of hydrogen-bond donors (Lipinski definition) is 2. The number of aromatic carboxylic acids is 1. The van der Waals surface area contributed by atoms with Crippen molar-refractivity contribution in [1.29, 1.82) is 0 Å². The van der Waals surface area contributed by atoms with Gasteiger partial charge in [-0.2, -0.15) is 13.2 Å². The molecule has 1 aromatic carbocycles. The molecule has 0 amide bonds. The summed E-state index contributed by atoms with van der Waals surface area (Å²) < 4.78 is 48.5. The zero-order chi connectivity index (χ0) is 16.0. The van der Waals surface area contributed by atoms with Crippen LogP contribution in [0.5, 0.6) is 0 Å². The normalized spacial score (nSPS) is 13.0. The maximum atomic E-state index is 12.8. The molecule has 0 radical (unpaired) electrons. The molecule has 1 unspecified atom stereocenters. The molecule has 2 N–H and O–H groups in total. The van der Waals surface area contributed by atoms with E-state index in [1.807, 2.05) is 0 Å². The van der Waals surface area contributed by atoms with E-state index < -0.39 is 23.3 Å². The lowest BCUT2D eigenvalue weighted by molar-refractivity contribution is -0.138. The fourth-order valence-corrected chi connectivity index (χ4v) is 1.70. The Labute approximate surface area is 119 Å². The number of carbonyl (C=O) groups is 1. The Morgan fingerprint density at radius 1 is 1.38 bits per heavy atom. The molecule has 0 heterocycles. The van der Waals surface area contributed by atoms with Gasteiger partial charge in [0.1, 0.15) is 0 Å². The number of hydrogen-bond acceptors (Lipinski definition) is 4. The molecule has 0 spiro atoms. The maximum Gasteiger partial charge on any atom is 0.417 e. The highest BCUT2D eigenvalue weighted by Crippen LogP contribution is 2.33. The third-order valence-electron chi connectivity index (χ3n) is 2.78. The second kappa shape index (κ2) is 7.28. The summed E-state index contributed by atoms with van der Waals surface area (Å²) in [6, 6.07) is 2.97. The Bertz CT molecular complexity index is 491. The highest BCUT2D eigenvalue weighted by atomic mass is 19.4. The molecule has 1 rings (SSSR count). The summed E-state index contributed by atoms with van der Waals surface area (Å²) in [7, 11) is 2.94. The van der Waals surface area contributed by atoms with E-state index in [2.05, 4.69) is 5.32 Å².